The Hall–Kier alpha value is -0.360. The number of likely N-dealkylation sites (N-methyl/N-ethyl adjacent to an activating group) is 1. The molecule has 108 valence electrons. The second-order valence-corrected chi connectivity index (χ2v) is 5.53. The summed E-state index contributed by atoms with van der Waals surface area (Å²) < 4.78 is 13.6. The van der Waals surface area contributed by atoms with Crippen LogP contribution >= 0.6 is 27.5 Å². The molecule has 0 spiro atoms. The van der Waals surface area contributed by atoms with Crippen molar-refractivity contribution in [3.63, 3.8) is 0 Å². The van der Waals surface area contributed by atoms with E-state index >= 15 is 0 Å². The molecule has 1 unspecified atom stereocenters. The molecule has 0 radical (unpaired) electrons. The molecule has 19 heavy (non-hydrogen) atoms. The van der Waals surface area contributed by atoms with Crippen molar-refractivity contribution in [1.29, 1.82) is 0 Å². The highest BCUT2D eigenvalue weighted by atomic mass is 79.9. The van der Waals surface area contributed by atoms with Crippen molar-refractivity contribution in [3.05, 3.63) is 27.4 Å². The number of nitrogens with one attached hydrogen (secondary N) is 1. The van der Waals surface area contributed by atoms with Gasteiger partial charge in [-0.05, 0) is 41.2 Å². The molecular weight excluding hydrogens is 335 g/mol. The zero-order valence-electron chi connectivity index (χ0n) is 11.1. The van der Waals surface area contributed by atoms with Gasteiger partial charge in [0.15, 0.2) is 0 Å². The molecule has 0 aliphatic rings. The summed E-state index contributed by atoms with van der Waals surface area (Å²) in [7, 11) is 0. The number of benzene rings is 1. The largest absolute Gasteiger partial charge is 0.390 e. The predicted molar refractivity (Wildman–Crippen MR) is 81.4 cm³/mol. The summed E-state index contributed by atoms with van der Waals surface area (Å²) in [5, 5.41) is 13.3. The fraction of sp³-hybridized carbons (Fsp3) is 0.538. The maximum Gasteiger partial charge on any atom is 0.125 e. The number of rotatable bonds is 7. The summed E-state index contributed by atoms with van der Waals surface area (Å²) in [5.41, 5.74) is 0.599. The average Bonchev–Trinajstić information content (AvgIpc) is 2.34. The number of hydrogen-bond acceptors (Lipinski definition) is 3. The molecule has 0 bridgehead atoms. The molecular formula is C13H19BrClFN2O. The second kappa shape index (κ2) is 8.04. The topological polar surface area (TPSA) is 35.5 Å². The van der Waals surface area contributed by atoms with Gasteiger partial charge in [-0.15, -0.1) is 0 Å². The summed E-state index contributed by atoms with van der Waals surface area (Å²) >= 11 is 9.20. The van der Waals surface area contributed by atoms with E-state index in [0.29, 0.717) is 28.3 Å². The zero-order chi connectivity index (χ0) is 14.4. The lowest BCUT2D eigenvalue weighted by Gasteiger charge is -2.22. The van der Waals surface area contributed by atoms with Gasteiger partial charge in [0, 0.05) is 17.6 Å². The molecule has 0 saturated carbocycles. The van der Waals surface area contributed by atoms with Crippen LogP contribution in [0.4, 0.5) is 10.1 Å². The van der Waals surface area contributed by atoms with Crippen molar-refractivity contribution in [2.45, 2.75) is 20.0 Å². The summed E-state index contributed by atoms with van der Waals surface area (Å²) in [5.74, 6) is -0.397. The third-order valence-electron chi connectivity index (χ3n) is 2.88. The SMILES string of the molecule is CCN(CC)CC(O)CNc1c(Cl)cc(F)cc1Br. The number of aliphatic hydroxyl groups is 1. The normalized spacial score (nSPS) is 12.8. The van der Waals surface area contributed by atoms with Gasteiger partial charge in [-0.2, -0.15) is 0 Å². The first-order valence-corrected chi connectivity index (χ1v) is 7.43. The molecule has 3 nitrogen and oxygen atoms in total. The van der Waals surface area contributed by atoms with E-state index in [1.807, 2.05) is 0 Å². The quantitative estimate of drug-likeness (QED) is 0.789. The van der Waals surface area contributed by atoms with E-state index in [4.69, 9.17) is 11.6 Å². The monoisotopic (exact) mass is 352 g/mol. The molecule has 1 atom stereocenters. The molecule has 0 heterocycles. The Morgan fingerprint density at radius 1 is 1.42 bits per heavy atom. The first-order valence-electron chi connectivity index (χ1n) is 6.26. The maximum absolute atomic E-state index is 13.1. The minimum absolute atomic E-state index is 0.293. The van der Waals surface area contributed by atoms with Gasteiger partial charge in [0.2, 0.25) is 0 Å². The highest BCUT2D eigenvalue weighted by Gasteiger charge is 2.12. The van der Waals surface area contributed by atoms with Crippen LogP contribution in [0.15, 0.2) is 16.6 Å². The molecule has 0 aromatic heterocycles. The lowest BCUT2D eigenvalue weighted by molar-refractivity contribution is 0.128. The van der Waals surface area contributed by atoms with Gasteiger partial charge in [0.25, 0.3) is 0 Å². The van der Waals surface area contributed by atoms with E-state index in [2.05, 4.69) is 40.0 Å². The van der Waals surface area contributed by atoms with Gasteiger partial charge >= 0.3 is 0 Å². The van der Waals surface area contributed by atoms with Gasteiger partial charge in [0.1, 0.15) is 5.82 Å². The van der Waals surface area contributed by atoms with Gasteiger partial charge in [-0.25, -0.2) is 4.39 Å². The van der Waals surface area contributed by atoms with Crippen LogP contribution in [0.1, 0.15) is 13.8 Å². The van der Waals surface area contributed by atoms with E-state index in [0.717, 1.165) is 13.1 Å². The molecule has 6 heteroatoms. The van der Waals surface area contributed by atoms with E-state index in [1.54, 1.807) is 0 Å². The van der Waals surface area contributed by atoms with Crippen molar-refractivity contribution in [3.8, 4) is 0 Å². The lowest BCUT2D eigenvalue weighted by atomic mass is 10.2. The van der Waals surface area contributed by atoms with Gasteiger partial charge in [-0.3, -0.25) is 0 Å². The first-order chi connectivity index (χ1) is 8.97. The highest BCUT2D eigenvalue weighted by molar-refractivity contribution is 9.10. The van der Waals surface area contributed by atoms with Crippen molar-refractivity contribution in [2.75, 3.05) is 31.5 Å². The Balaban J connectivity index is 2.57. The summed E-state index contributed by atoms with van der Waals surface area (Å²) in [6, 6.07) is 2.58. The summed E-state index contributed by atoms with van der Waals surface area (Å²) in [4.78, 5) is 2.13. The Labute approximate surface area is 126 Å². The van der Waals surface area contributed by atoms with Crippen LogP contribution < -0.4 is 5.32 Å². The third-order valence-corrected chi connectivity index (χ3v) is 3.81. The first kappa shape index (κ1) is 16.7. The molecule has 0 aliphatic carbocycles. The second-order valence-electron chi connectivity index (χ2n) is 4.27. The van der Waals surface area contributed by atoms with Crippen LogP contribution in [-0.2, 0) is 0 Å². The lowest BCUT2D eigenvalue weighted by Crippen LogP contribution is -2.36. The number of hydrogen-bond donors (Lipinski definition) is 2. The summed E-state index contributed by atoms with van der Waals surface area (Å²) in [6.07, 6.45) is -0.507. The minimum Gasteiger partial charge on any atom is -0.390 e. The Morgan fingerprint density at radius 2 is 2.05 bits per heavy atom. The van der Waals surface area contributed by atoms with Gasteiger partial charge in [-0.1, -0.05) is 25.4 Å². The predicted octanol–water partition coefficient (Wildman–Crippen LogP) is 3.36. The fourth-order valence-corrected chi connectivity index (χ4v) is 2.73. The fourth-order valence-electron chi connectivity index (χ4n) is 1.78. The van der Waals surface area contributed by atoms with Crippen LogP contribution in [0.2, 0.25) is 5.02 Å². The van der Waals surface area contributed by atoms with Crippen molar-refractivity contribution < 1.29 is 9.50 Å². The molecule has 0 aliphatic heterocycles. The van der Waals surface area contributed by atoms with Crippen molar-refractivity contribution in [1.82, 2.24) is 4.90 Å². The highest BCUT2D eigenvalue weighted by Crippen LogP contribution is 2.31. The Kier molecular flexibility index (Phi) is 7.07. The standard InChI is InChI=1S/C13H19BrClFN2O/c1-3-18(4-2)8-10(19)7-17-13-11(14)5-9(16)6-12(13)15/h5-6,10,17,19H,3-4,7-8H2,1-2H3. The minimum atomic E-state index is -0.507. The number of aliphatic hydroxyl groups excluding tert-OH is 1. The third kappa shape index (κ3) is 5.26. The molecule has 0 saturated heterocycles. The van der Waals surface area contributed by atoms with Gasteiger partial charge < -0.3 is 15.3 Å². The molecule has 2 N–H and O–H groups in total. The Morgan fingerprint density at radius 3 is 2.58 bits per heavy atom. The number of anilines is 1. The zero-order valence-corrected chi connectivity index (χ0v) is 13.4. The van der Waals surface area contributed by atoms with Crippen molar-refractivity contribution in [2.24, 2.45) is 0 Å². The van der Waals surface area contributed by atoms with E-state index in [1.165, 1.54) is 12.1 Å². The number of halogens is 3. The van der Waals surface area contributed by atoms with E-state index in [-0.39, 0.29) is 0 Å². The molecule has 1 aromatic carbocycles. The van der Waals surface area contributed by atoms with Crippen LogP contribution in [0.3, 0.4) is 0 Å². The van der Waals surface area contributed by atoms with Crippen LogP contribution in [0.25, 0.3) is 0 Å². The van der Waals surface area contributed by atoms with E-state index < -0.39 is 11.9 Å². The van der Waals surface area contributed by atoms with Crippen LogP contribution in [0.5, 0.6) is 0 Å². The molecule has 0 amide bonds. The molecule has 1 aromatic rings. The van der Waals surface area contributed by atoms with E-state index in [9.17, 15) is 9.50 Å². The summed E-state index contributed by atoms with van der Waals surface area (Å²) in [6.45, 7) is 6.86. The van der Waals surface area contributed by atoms with Gasteiger partial charge in [0.05, 0.1) is 16.8 Å². The van der Waals surface area contributed by atoms with Crippen LogP contribution in [-0.4, -0.2) is 42.3 Å². The molecule has 0 fully saturated rings. The van der Waals surface area contributed by atoms with Crippen molar-refractivity contribution >= 4 is 33.2 Å². The average molecular weight is 354 g/mol. The number of nitrogens with zero attached hydrogens (tertiary/aromatic N) is 1. The molecule has 1 rings (SSSR count). The smallest absolute Gasteiger partial charge is 0.125 e. The Bertz CT molecular complexity index is 393. The van der Waals surface area contributed by atoms with Crippen LogP contribution in [0, 0.1) is 5.82 Å². The maximum atomic E-state index is 13.1.